The molecule has 2 rings (SSSR count). The second kappa shape index (κ2) is 9.58. The maximum atomic E-state index is 12.5. The molecule has 0 saturated carbocycles. The van der Waals surface area contributed by atoms with Gasteiger partial charge in [0.1, 0.15) is 0 Å². The predicted molar refractivity (Wildman–Crippen MR) is 101 cm³/mol. The number of rotatable bonds is 8. The fourth-order valence-corrected chi connectivity index (χ4v) is 2.57. The lowest BCUT2D eigenvalue weighted by Crippen LogP contribution is -2.27. The minimum atomic E-state index is -0.719. The highest BCUT2D eigenvalue weighted by atomic mass is 16.5. The molecule has 0 unspecified atom stereocenters. The molecule has 0 saturated heterocycles. The standard InChI is InChI=1S/C20H24N2O4/c1-5-16(15-11-12-17(24-2)18(13-15)25-3)21-22-20(23)19(26-4)14-9-7-6-8-10-14/h6-13,19H,5H2,1-4H3,(H,22,23)/b21-16-/t19-/m0/s1. The number of methoxy groups -OCH3 is 3. The molecule has 6 heteroatoms. The molecule has 0 fully saturated rings. The van der Waals surface area contributed by atoms with E-state index in [4.69, 9.17) is 14.2 Å². The summed E-state index contributed by atoms with van der Waals surface area (Å²) in [7, 11) is 4.66. The number of amides is 1. The van der Waals surface area contributed by atoms with Crippen LogP contribution in [0, 0.1) is 0 Å². The Labute approximate surface area is 153 Å². The van der Waals surface area contributed by atoms with Gasteiger partial charge >= 0.3 is 0 Å². The number of nitrogens with one attached hydrogen (secondary N) is 1. The van der Waals surface area contributed by atoms with Crippen LogP contribution in [0.15, 0.2) is 53.6 Å². The molecule has 0 aliphatic heterocycles. The quantitative estimate of drug-likeness (QED) is 0.582. The number of nitrogens with zero attached hydrogens (tertiary/aromatic N) is 1. The van der Waals surface area contributed by atoms with Crippen LogP contribution in [0.2, 0.25) is 0 Å². The summed E-state index contributed by atoms with van der Waals surface area (Å²) < 4.78 is 15.9. The van der Waals surface area contributed by atoms with Crippen LogP contribution in [0.1, 0.15) is 30.6 Å². The van der Waals surface area contributed by atoms with Crippen LogP contribution < -0.4 is 14.9 Å². The Balaban J connectivity index is 2.19. The third-order valence-electron chi connectivity index (χ3n) is 3.93. The first-order chi connectivity index (χ1) is 12.6. The average Bonchev–Trinajstić information content (AvgIpc) is 2.69. The van der Waals surface area contributed by atoms with Gasteiger partial charge in [0.15, 0.2) is 17.6 Å². The number of hydrazone groups is 1. The van der Waals surface area contributed by atoms with Crippen LogP contribution in [0.3, 0.4) is 0 Å². The molecule has 0 aliphatic carbocycles. The third-order valence-corrected chi connectivity index (χ3v) is 3.93. The van der Waals surface area contributed by atoms with Crippen molar-refractivity contribution >= 4 is 11.6 Å². The fourth-order valence-electron chi connectivity index (χ4n) is 2.57. The maximum Gasteiger partial charge on any atom is 0.273 e. The predicted octanol–water partition coefficient (Wildman–Crippen LogP) is 3.32. The van der Waals surface area contributed by atoms with E-state index in [1.54, 1.807) is 14.2 Å². The molecule has 0 spiro atoms. The summed E-state index contributed by atoms with van der Waals surface area (Å²) in [5, 5.41) is 4.28. The van der Waals surface area contributed by atoms with Crippen molar-refractivity contribution < 1.29 is 19.0 Å². The van der Waals surface area contributed by atoms with Gasteiger partial charge < -0.3 is 14.2 Å². The van der Waals surface area contributed by atoms with Crippen molar-refractivity contribution in [3.8, 4) is 11.5 Å². The molecule has 0 aromatic heterocycles. The molecule has 0 heterocycles. The first-order valence-electron chi connectivity index (χ1n) is 8.31. The van der Waals surface area contributed by atoms with E-state index in [2.05, 4.69) is 10.5 Å². The Morgan fingerprint density at radius 1 is 1.04 bits per heavy atom. The van der Waals surface area contributed by atoms with E-state index in [1.165, 1.54) is 7.11 Å². The minimum Gasteiger partial charge on any atom is -0.493 e. The smallest absolute Gasteiger partial charge is 0.273 e. The van der Waals surface area contributed by atoms with E-state index in [0.717, 1.165) is 16.8 Å². The Kier molecular flexibility index (Phi) is 7.17. The van der Waals surface area contributed by atoms with Crippen molar-refractivity contribution in [2.24, 2.45) is 5.10 Å². The van der Waals surface area contributed by atoms with Gasteiger partial charge in [-0.15, -0.1) is 0 Å². The molecule has 0 aliphatic rings. The van der Waals surface area contributed by atoms with Crippen LogP contribution in [0.4, 0.5) is 0 Å². The normalized spacial score (nSPS) is 12.4. The van der Waals surface area contributed by atoms with Crippen molar-refractivity contribution in [2.75, 3.05) is 21.3 Å². The number of hydrogen-bond acceptors (Lipinski definition) is 5. The highest BCUT2D eigenvalue weighted by Crippen LogP contribution is 2.28. The number of ether oxygens (including phenoxy) is 3. The summed E-state index contributed by atoms with van der Waals surface area (Å²) in [5.74, 6) is 0.918. The SMILES string of the molecule is CC/C(=N/NC(=O)[C@@H](OC)c1ccccc1)c1ccc(OC)c(OC)c1. The summed E-state index contributed by atoms with van der Waals surface area (Å²) in [6, 6.07) is 14.8. The Morgan fingerprint density at radius 3 is 2.31 bits per heavy atom. The van der Waals surface area contributed by atoms with Gasteiger partial charge in [-0.1, -0.05) is 37.3 Å². The van der Waals surface area contributed by atoms with Crippen LogP contribution >= 0.6 is 0 Å². The van der Waals surface area contributed by atoms with Crippen LogP contribution in [-0.4, -0.2) is 32.9 Å². The zero-order valence-corrected chi connectivity index (χ0v) is 15.5. The van der Waals surface area contributed by atoms with Gasteiger partial charge in [0, 0.05) is 12.7 Å². The topological polar surface area (TPSA) is 69.2 Å². The van der Waals surface area contributed by atoms with E-state index < -0.39 is 6.10 Å². The van der Waals surface area contributed by atoms with Crippen molar-refractivity contribution in [3.05, 3.63) is 59.7 Å². The number of benzene rings is 2. The molecule has 1 amide bonds. The Bertz CT molecular complexity index is 760. The van der Waals surface area contributed by atoms with Crippen molar-refractivity contribution in [2.45, 2.75) is 19.4 Å². The van der Waals surface area contributed by atoms with Gasteiger partial charge in [0.25, 0.3) is 5.91 Å². The number of hydrogen-bond donors (Lipinski definition) is 1. The van der Waals surface area contributed by atoms with Gasteiger partial charge in [-0.2, -0.15) is 5.10 Å². The zero-order valence-electron chi connectivity index (χ0n) is 15.5. The monoisotopic (exact) mass is 356 g/mol. The highest BCUT2D eigenvalue weighted by Gasteiger charge is 2.19. The Morgan fingerprint density at radius 2 is 1.73 bits per heavy atom. The zero-order chi connectivity index (χ0) is 18.9. The molecule has 1 atom stereocenters. The molecule has 6 nitrogen and oxygen atoms in total. The Hall–Kier alpha value is -2.86. The summed E-state index contributed by atoms with van der Waals surface area (Å²) in [6.07, 6.45) is -0.0814. The van der Waals surface area contributed by atoms with Gasteiger partial charge in [0.05, 0.1) is 19.9 Å². The van der Waals surface area contributed by atoms with E-state index in [-0.39, 0.29) is 5.91 Å². The maximum absolute atomic E-state index is 12.5. The summed E-state index contributed by atoms with van der Waals surface area (Å²) in [4.78, 5) is 12.5. The molecule has 138 valence electrons. The van der Waals surface area contributed by atoms with Crippen LogP contribution in [0.5, 0.6) is 11.5 Å². The second-order valence-electron chi connectivity index (χ2n) is 5.48. The first kappa shape index (κ1) is 19.5. The lowest BCUT2D eigenvalue weighted by atomic mass is 10.1. The molecule has 2 aromatic carbocycles. The second-order valence-corrected chi connectivity index (χ2v) is 5.48. The first-order valence-corrected chi connectivity index (χ1v) is 8.31. The third kappa shape index (κ3) is 4.61. The molecule has 26 heavy (non-hydrogen) atoms. The van der Waals surface area contributed by atoms with Gasteiger partial charge in [-0.05, 0) is 30.2 Å². The van der Waals surface area contributed by atoms with Crippen molar-refractivity contribution in [1.29, 1.82) is 0 Å². The molecule has 2 aromatic rings. The molecule has 1 N–H and O–H groups in total. The minimum absolute atomic E-state index is 0.329. The fraction of sp³-hybridized carbons (Fsp3) is 0.300. The van der Waals surface area contributed by atoms with E-state index in [9.17, 15) is 4.79 Å². The van der Waals surface area contributed by atoms with Gasteiger partial charge in [0.2, 0.25) is 0 Å². The number of carbonyl (C=O) groups is 1. The van der Waals surface area contributed by atoms with Gasteiger partial charge in [-0.3, -0.25) is 4.79 Å². The van der Waals surface area contributed by atoms with Gasteiger partial charge in [-0.25, -0.2) is 5.43 Å². The summed E-state index contributed by atoms with van der Waals surface area (Å²) in [6.45, 7) is 1.96. The van der Waals surface area contributed by atoms with Crippen molar-refractivity contribution in [1.82, 2.24) is 5.43 Å². The molecular weight excluding hydrogens is 332 g/mol. The lowest BCUT2D eigenvalue weighted by Gasteiger charge is -2.14. The number of carbonyl (C=O) groups excluding carboxylic acids is 1. The molecule has 0 bridgehead atoms. The largest absolute Gasteiger partial charge is 0.493 e. The summed E-state index contributed by atoms with van der Waals surface area (Å²) in [5.41, 5.74) is 4.94. The van der Waals surface area contributed by atoms with E-state index in [1.807, 2.05) is 55.5 Å². The van der Waals surface area contributed by atoms with Crippen LogP contribution in [-0.2, 0) is 9.53 Å². The van der Waals surface area contributed by atoms with E-state index >= 15 is 0 Å². The molecule has 0 radical (unpaired) electrons. The highest BCUT2D eigenvalue weighted by molar-refractivity contribution is 6.01. The average molecular weight is 356 g/mol. The van der Waals surface area contributed by atoms with Crippen molar-refractivity contribution in [3.63, 3.8) is 0 Å². The van der Waals surface area contributed by atoms with Crippen LogP contribution in [0.25, 0.3) is 0 Å². The summed E-state index contributed by atoms with van der Waals surface area (Å²) >= 11 is 0. The molecular formula is C20H24N2O4. The van der Waals surface area contributed by atoms with E-state index in [0.29, 0.717) is 17.9 Å². The lowest BCUT2D eigenvalue weighted by molar-refractivity contribution is -0.131.